The Bertz CT molecular complexity index is 356. The quantitative estimate of drug-likeness (QED) is 0.867. The van der Waals surface area contributed by atoms with E-state index in [2.05, 4.69) is 43.0 Å². The average molecular weight is 233 g/mol. The maximum absolute atomic E-state index is 9.65. The molecular formula is C15H23NO. The molecule has 1 heterocycles. The summed E-state index contributed by atoms with van der Waals surface area (Å²) in [7, 11) is 0. The molecule has 0 amide bonds. The van der Waals surface area contributed by atoms with Gasteiger partial charge in [-0.15, -0.1) is 0 Å². The molecule has 17 heavy (non-hydrogen) atoms. The number of nitrogens with zero attached hydrogens (tertiary/aromatic N) is 1. The van der Waals surface area contributed by atoms with Crippen molar-refractivity contribution in [2.24, 2.45) is 5.92 Å². The summed E-state index contributed by atoms with van der Waals surface area (Å²) in [6, 6.07) is 8.70. The molecule has 1 aliphatic heterocycles. The minimum Gasteiger partial charge on any atom is -0.394 e. The zero-order chi connectivity index (χ0) is 12.3. The van der Waals surface area contributed by atoms with Gasteiger partial charge in [-0.05, 0) is 44.3 Å². The van der Waals surface area contributed by atoms with Crippen LogP contribution in [0.5, 0.6) is 0 Å². The van der Waals surface area contributed by atoms with E-state index < -0.39 is 0 Å². The SMILES string of the molecule is Cc1cccc(C(CO)N2CCC(C)CC2)c1. The van der Waals surface area contributed by atoms with Crippen molar-refractivity contribution in [2.45, 2.75) is 32.7 Å². The van der Waals surface area contributed by atoms with Gasteiger partial charge in [-0.25, -0.2) is 0 Å². The first-order valence-electron chi connectivity index (χ1n) is 6.62. The van der Waals surface area contributed by atoms with Gasteiger partial charge in [-0.3, -0.25) is 4.90 Å². The number of likely N-dealkylation sites (tertiary alicyclic amines) is 1. The average Bonchev–Trinajstić information content (AvgIpc) is 2.33. The first-order chi connectivity index (χ1) is 8.20. The third-order valence-electron chi connectivity index (χ3n) is 3.86. The standard InChI is InChI=1S/C15H23NO/c1-12-6-8-16(9-7-12)15(11-17)14-5-3-4-13(2)10-14/h3-5,10,12,15,17H,6-9,11H2,1-2H3. The molecule has 0 radical (unpaired) electrons. The molecule has 2 nitrogen and oxygen atoms in total. The Morgan fingerprint density at radius 1 is 1.35 bits per heavy atom. The van der Waals surface area contributed by atoms with Crippen molar-refractivity contribution in [3.8, 4) is 0 Å². The van der Waals surface area contributed by atoms with Crippen molar-refractivity contribution < 1.29 is 5.11 Å². The highest BCUT2D eigenvalue weighted by Crippen LogP contribution is 2.26. The Morgan fingerprint density at radius 3 is 2.65 bits per heavy atom. The van der Waals surface area contributed by atoms with Gasteiger partial charge < -0.3 is 5.11 Å². The van der Waals surface area contributed by atoms with Crippen molar-refractivity contribution >= 4 is 0 Å². The number of hydrogen-bond donors (Lipinski definition) is 1. The van der Waals surface area contributed by atoms with Gasteiger partial charge in [-0.1, -0.05) is 36.8 Å². The molecule has 1 aliphatic rings. The topological polar surface area (TPSA) is 23.5 Å². The first kappa shape index (κ1) is 12.6. The van der Waals surface area contributed by atoms with Gasteiger partial charge in [-0.2, -0.15) is 0 Å². The number of aliphatic hydroxyl groups is 1. The van der Waals surface area contributed by atoms with Gasteiger partial charge in [0.1, 0.15) is 0 Å². The summed E-state index contributed by atoms with van der Waals surface area (Å²) in [5.41, 5.74) is 2.52. The van der Waals surface area contributed by atoms with E-state index in [1.165, 1.54) is 24.0 Å². The Kier molecular flexibility index (Phi) is 4.19. The maximum Gasteiger partial charge on any atom is 0.0628 e. The Balaban J connectivity index is 2.10. The molecule has 0 aliphatic carbocycles. The molecular weight excluding hydrogens is 210 g/mol. The smallest absolute Gasteiger partial charge is 0.0628 e. The molecule has 1 aromatic rings. The summed E-state index contributed by atoms with van der Waals surface area (Å²) in [6.07, 6.45) is 2.50. The van der Waals surface area contributed by atoms with Crippen LogP contribution in [-0.4, -0.2) is 29.7 Å². The van der Waals surface area contributed by atoms with E-state index in [1.807, 2.05) is 0 Å². The van der Waals surface area contributed by atoms with Crippen LogP contribution in [0.25, 0.3) is 0 Å². The van der Waals surface area contributed by atoms with Crippen molar-refractivity contribution in [1.29, 1.82) is 0 Å². The summed E-state index contributed by atoms with van der Waals surface area (Å²) >= 11 is 0. The Morgan fingerprint density at radius 2 is 2.06 bits per heavy atom. The van der Waals surface area contributed by atoms with Crippen LogP contribution >= 0.6 is 0 Å². The lowest BCUT2D eigenvalue weighted by molar-refractivity contribution is 0.0896. The molecule has 1 unspecified atom stereocenters. The van der Waals surface area contributed by atoms with E-state index in [0.717, 1.165) is 19.0 Å². The summed E-state index contributed by atoms with van der Waals surface area (Å²) in [5, 5.41) is 9.65. The third-order valence-corrected chi connectivity index (χ3v) is 3.86. The van der Waals surface area contributed by atoms with E-state index in [9.17, 15) is 5.11 Å². The summed E-state index contributed by atoms with van der Waals surface area (Å²) in [4.78, 5) is 2.43. The fraction of sp³-hybridized carbons (Fsp3) is 0.600. The number of aliphatic hydroxyl groups excluding tert-OH is 1. The lowest BCUT2D eigenvalue weighted by Gasteiger charge is -2.36. The van der Waals surface area contributed by atoms with E-state index in [0.29, 0.717) is 0 Å². The first-order valence-corrected chi connectivity index (χ1v) is 6.62. The van der Waals surface area contributed by atoms with E-state index in [1.54, 1.807) is 0 Å². The molecule has 0 saturated carbocycles. The lowest BCUT2D eigenvalue weighted by Crippen LogP contribution is -2.37. The van der Waals surface area contributed by atoms with Gasteiger partial charge in [0.2, 0.25) is 0 Å². The highest BCUT2D eigenvalue weighted by molar-refractivity contribution is 5.25. The molecule has 1 saturated heterocycles. The summed E-state index contributed by atoms with van der Waals surface area (Å²) in [6.45, 7) is 6.87. The van der Waals surface area contributed by atoms with Crippen LogP contribution < -0.4 is 0 Å². The van der Waals surface area contributed by atoms with Gasteiger partial charge in [0.25, 0.3) is 0 Å². The molecule has 2 rings (SSSR count). The second-order valence-corrected chi connectivity index (χ2v) is 5.33. The van der Waals surface area contributed by atoms with E-state index >= 15 is 0 Å². The van der Waals surface area contributed by atoms with Crippen LogP contribution in [0, 0.1) is 12.8 Å². The van der Waals surface area contributed by atoms with Crippen LogP contribution in [0.1, 0.15) is 36.9 Å². The van der Waals surface area contributed by atoms with E-state index in [-0.39, 0.29) is 12.6 Å². The predicted octanol–water partition coefficient (Wildman–Crippen LogP) is 2.76. The van der Waals surface area contributed by atoms with Crippen LogP contribution in [0.3, 0.4) is 0 Å². The van der Waals surface area contributed by atoms with Crippen molar-refractivity contribution in [3.63, 3.8) is 0 Å². The highest BCUT2D eigenvalue weighted by atomic mass is 16.3. The van der Waals surface area contributed by atoms with Gasteiger partial charge >= 0.3 is 0 Å². The zero-order valence-corrected chi connectivity index (χ0v) is 10.9. The molecule has 1 N–H and O–H groups in total. The second-order valence-electron chi connectivity index (χ2n) is 5.33. The fourth-order valence-corrected chi connectivity index (χ4v) is 2.65. The Labute approximate surface area is 104 Å². The van der Waals surface area contributed by atoms with E-state index in [4.69, 9.17) is 0 Å². The molecule has 1 atom stereocenters. The number of rotatable bonds is 3. The molecule has 0 spiro atoms. The van der Waals surface area contributed by atoms with Crippen molar-refractivity contribution in [2.75, 3.05) is 19.7 Å². The zero-order valence-electron chi connectivity index (χ0n) is 10.9. The monoisotopic (exact) mass is 233 g/mol. The van der Waals surface area contributed by atoms with Gasteiger partial charge in [0.15, 0.2) is 0 Å². The van der Waals surface area contributed by atoms with Crippen LogP contribution in [0.15, 0.2) is 24.3 Å². The molecule has 0 bridgehead atoms. The summed E-state index contributed by atoms with van der Waals surface area (Å²) < 4.78 is 0. The van der Waals surface area contributed by atoms with Crippen molar-refractivity contribution in [1.82, 2.24) is 4.90 Å². The van der Waals surface area contributed by atoms with Crippen molar-refractivity contribution in [3.05, 3.63) is 35.4 Å². The van der Waals surface area contributed by atoms with Gasteiger partial charge in [0, 0.05) is 0 Å². The van der Waals surface area contributed by atoms with Crippen LogP contribution in [0.4, 0.5) is 0 Å². The molecule has 0 aromatic heterocycles. The van der Waals surface area contributed by atoms with Gasteiger partial charge in [0.05, 0.1) is 12.6 Å². The third kappa shape index (κ3) is 3.08. The normalized spacial score (nSPS) is 20.4. The second kappa shape index (κ2) is 5.65. The number of hydrogen-bond acceptors (Lipinski definition) is 2. The van der Waals surface area contributed by atoms with Crippen LogP contribution in [0.2, 0.25) is 0 Å². The molecule has 1 aromatic carbocycles. The predicted molar refractivity (Wildman–Crippen MR) is 71.0 cm³/mol. The number of piperidine rings is 1. The maximum atomic E-state index is 9.65. The molecule has 2 heteroatoms. The molecule has 1 fully saturated rings. The van der Waals surface area contributed by atoms with Crippen LogP contribution in [-0.2, 0) is 0 Å². The Hall–Kier alpha value is -0.860. The minimum atomic E-state index is 0.183. The fourth-order valence-electron chi connectivity index (χ4n) is 2.65. The largest absolute Gasteiger partial charge is 0.394 e. The summed E-state index contributed by atoms with van der Waals surface area (Å²) in [5.74, 6) is 0.836. The number of aryl methyl sites for hydroxylation is 1. The minimum absolute atomic E-state index is 0.183. The lowest BCUT2D eigenvalue weighted by atomic mass is 9.95. The molecule has 94 valence electrons. The number of benzene rings is 1. The highest BCUT2D eigenvalue weighted by Gasteiger charge is 2.23.